The predicted molar refractivity (Wildman–Crippen MR) is 106 cm³/mol. The van der Waals surface area contributed by atoms with Gasteiger partial charge < -0.3 is 4.90 Å². The van der Waals surface area contributed by atoms with Crippen LogP contribution in [-0.4, -0.2) is 43.2 Å². The zero-order valence-electron chi connectivity index (χ0n) is 15.5. The lowest BCUT2D eigenvalue weighted by molar-refractivity contribution is -0.134. The second-order valence-corrected chi connectivity index (χ2v) is 8.18. The molecule has 3 heterocycles. The summed E-state index contributed by atoms with van der Waals surface area (Å²) in [5.74, 6) is 0.598. The summed E-state index contributed by atoms with van der Waals surface area (Å²) in [6.07, 6.45) is 3.40. The largest absolute Gasteiger partial charge is 0.337 e. The van der Waals surface area contributed by atoms with E-state index < -0.39 is 0 Å². The topological polar surface area (TPSA) is 50.5 Å². The Balaban J connectivity index is 1.62. The highest BCUT2D eigenvalue weighted by atomic mass is 32.2. The van der Waals surface area contributed by atoms with E-state index >= 15 is 0 Å². The minimum absolute atomic E-state index is 0.197. The fraction of sp³-hybridized carbons (Fsp3) is 0.450. The van der Waals surface area contributed by atoms with Gasteiger partial charge in [-0.05, 0) is 57.7 Å². The molecular formula is C20H24N4OS. The number of aromatic nitrogens is 3. The summed E-state index contributed by atoms with van der Waals surface area (Å²) < 4.78 is 2.06. The van der Waals surface area contributed by atoms with Crippen molar-refractivity contribution in [3.63, 3.8) is 0 Å². The maximum atomic E-state index is 12.8. The van der Waals surface area contributed by atoms with Crippen molar-refractivity contribution in [1.82, 2.24) is 19.5 Å². The van der Waals surface area contributed by atoms with Gasteiger partial charge >= 0.3 is 0 Å². The van der Waals surface area contributed by atoms with Crippen LogP contribution >= 0.6 is 11.8 Å². The number of pyridine rings is 1. The maximum Gasteiger partial charge on any atom is 0.233 e. The number of nitrogens with zero attached hydrogens (tertiary/aromatic N) is 4. The molecule has 26 heavy (non-hydrogen) atoms. The Morgan fingerprint density at radius 2 is 1.92 bits per heavy atom. The van der Waals surface area contributed by atoms with Crippen molar-refractivity contribution in [3.8, 4) is 0 Å². The van der Waals surface area contributed by atoms with Crippen LogP contribution < -0.4 is 0 Å². The van der Waals surface area contributed by atoms with E-state index in [0.717, 1.165) is 29.2 Å². The lowest BCUT2D eigenvalue weighted by Crippen LogP contribution is -2.48. The Labute approximate surface area is 157 Å². The average molecular weight is 369 g/mol. The Morgan fingerprint density at radius 3 is 2.69 bits per heavy atom. The number of aryl methyl sites for hydroxylation is 1. The van der Waals surface area contributed by atoms with Gasteiger partial charge in [0.15, 0.2) is 10.8 Å². The Hall–Kier alpha value is -2.08. The zero-order chi connectivity index (χ0) is 18.3. The number of para-hydroxylation sites is 1. The molecule has 0 radical (unpaired) electrons. The van der Waals surface area contributed by atoms with Crippen LogP contribution in [0.25, 0.3) is 16.6 Å². The molecule has 1 fully saturated rings. The van der Waals surface area contributed by atoms with Crippen LogP contribution in [0.5, 0.6) is 0 Å². The molecule has 3 aromatic rings. The minimum Gasteiger partial charge on any atom is -0.337 e. The summed E-state index contributed by atoms with van der Waals surface area (Å²) in [6, 6.07) is 11.0. The SMILES string of the molecule is Cc1cc2nnc(SCC(=O)N3[C@H](C)CCC[C@H]3C)n2c2ccccc12. The summed E-state index contributed by atoms with van der Waals surface area (Å²) >= 11 is 1.48. The second-order valence-electron chi connectivity index (χ2n) is 7.24. The molecule has 1 aromatic carbocycles. The Bertz CT molecular complexity index is 957. The molecular weight excluding hydrogens is 344 g/mol. The standard InChI is InChI=1S/C20H24N4OS/c1-13-11-18-21-22-20(24(18)17-10-5-4-9-16(13)17)26-12-19(25)23-14(2)7-6-8-15(23)3/h4-5,9-11,14-15H,6-8,12H2,1-3H3/t14-,15-/m1/s1. The number of carbonyl (C=O) groups excluding carboxylic acids is 1. The molecule has 6 heteroatoms. The molecule has 1 amide bonds. The average Bonchev–Trinajstić information content (AvgIpc) is 3.03. The third kappa shape index (κ3) is 2.96. The number of fused-ring (bicyclic) bond motifs is 3. The Kier molecular flexibility index (Phi) is 4.61. The maximum absolute atomic E-state index is 12.8. The molecule has 0 spiro atoms. The zero-order valence-corrected chi connectivity index (χ0v) is 16.3. The number of hydrogen-bond acceptors (Lipinski definition) is 4. The van der Waals surface area contributed by atoms with Crippen molar-refractivity contribution < 1.29 is 4.79 Å². The molecule has 1 saturated heterocycles. The normalized spacial score (nSPS) is 20.8. The van der Waals surface area contributed by atoms with E-state index in [2.05, 4.69) is 58.5 Å². The molecule has 1 aliphatic rings. The number of carbonyl (C=O) groups is 1. The summed E-state index contributed by atoms with van der Waals surface area (Å²) in [5, 5.41) is 10.6. The van der Waals surface area contributed by atoms with Gasteiger partial charge in [0.1, 0.15) is 0 Å². The van der Waals surface area contributed by atoms with Gasteiger partial charge in [-0.1, -0.05) is 30.0 Å². The molecule has 136 valence electrons. The highest BCUT2D eigenvalue weighted by Crippen LogP contribution is 2.27. The molecule has 4 rings (SSSR count). The van der Waals surface area contributed by atoms with E-state index in [1.807, 2.05) is 12.1 Å². The van der Waals surface area contributed by atoms with Gasteiger partial charge in [-0.3, -0.25) is 9.20 Å². The Morgan fingerprint density at radius 1 is 1.19 bits per heavy atom. The van der Waals surface area contributed by atoms with Crippen LogP contribution in [0.3, 0.4) is 0 Å². The summed E-state index contributed by atoms with van der Waals surface area (Å²) in [6.45, 7) is 6.40. The molecule has 1 aliphatic heterocycles. The number of likely N-dealkylation sites (tertiary alicyclic amines) is 1. The predicted octanol–water partition coefficient (Wildman–Crippen LogP) is 4.07. The fourth-order valence-electron chi connectivity index (χ4n) is 4.08. The van der Waals surface area contributed by atoms with E-state index in [0.29, 0.717) is 17.8 Å². The van der Waals surface area contributed by atoms with E-state index in [1.165, 1.54) is 29.1 Å². The third-order valence-corrected chi connectivity index (χ3v) is 6.29. The van der Waals surface area contributed by atoms with Crippen LogP contribution in [0.1, 0.15) is 38.7 Å². The number of thioether (sulfide) groups is 1. The van der Waals surface area contributed by atoms with Crippen molar-refractivity contribution >= 4 is 34.2 Å². The highest BCUT2D eigenvalue weighted by Gasteiger charge is 2.29. The molecule has 2 atom stereocenters. The quantitative estimate of drug-likeness (QED) is 0.654. The number of rotatable bonds is 3. The van der Waals surface area contributed by atoms with Gasteiger partial charge in [0.25, 0.3) is 0 Å². The summed E-state index contributed by atoms with van der Waals surface area (Å²) in [5.41, 5.74) is 3.10. The molecule has 2 aromatic heterocycles. The second kappa shape index (κ2) is 6.91. The van der Waals surface area contributed by atoms with Crippen LogP contribution in [0.15, 0.2) is 35.5 Å². The van der Waals surface area contributed by atoms with Crippen molar-refractivity contribution in [2.75, 3.05) is 5.75 Å². The van der Waals surface area contributed by atoms with Gasteiger partial charge in [0, 0.05) is 17.5 Å². The van der Waals surface area contributed by atoms with Gasteiger partial charge in [0.2, 0.25) is 5.91 Å². The van der Waals surface area contributed by atoms with Crippen LogP contribution in [-0.2, 0) is 4.79 Å². The minimum atomic E-state index is 0.197. The number of benzene rings is 1. The van der Waals surface area contributed by atoms with Crippen molar-refractivity contribution in [3.05, 3.63) is 35.9 Å². The van der Waals surface area contributed by atoms with Crippen LogP contribution in [0, 0.1) is 6.92 Å². The monoisotopic (exact) mass is 368 g/mol. The first-order valence-electron chi connectivity index (χ1n) is 9.23. The van der Waals surface area contributed by atoms with E-state index in [4.69, 9.17) is 0 Å². The van der Waals surface area contributed by atoms with E-state index in [9.17, 15) is 4.79 Å². The van der Waals surface area contributed by atoms with Crippen LogP contribution in [0.4, 0.5) is 0 Å². The number of piperidine rings is 1. The number of amides is 1. The van der Waals surface area contributed by atoms with Gasteiger partial charge in [0.05, 0.1) is 11.3 Å². The van der Waals surface area contributed by atoms with Crippen LogP contribution in [0.2, 0.25) is 0 Å². The lowest BCUT2D eigenvalue weighted by Gasteiger charge is -2.39. The highest BCUT2D eigenvalue weighted by molar-refractivity contribution is 7.99. The lowest BCUT2D eigenvalue weighted by atomic mass is 9.98. The first-order valence-corrected chi connectivity index (χ1v) is 10.2. The van der Waals surface area contributed by atoms with Crippen molar-refractivity contribution in [2.45, 2.75) is 57.3 Å². The summed E-state index contributed by atoms with van der Waals surface area (Å²) in [4.78, 5) is 14.9. The molecule has 0 N–H and O–H groups in total. The molecule has 0 unspecified atom stereocenters. The molecule has 0 bridgehead atoms. The van der Waals surface area contributed by atoms with Crippen molar-refractivity contribution in [2.24, 2.45) is 0 Å². The van der Waals surface area contributed by atoms with Gasteiger partial charge in [-0.25, -0.2) is 0 Å². The van der Waals surface area contributed by atoms with Gasteiger partial charge in [-0.2, -0.15) is 0 Å². The summed E-state index contributed by atoms with van der Waals surface area (Å²) in [7, 11) is 0. The van der Waals surface area contributed by atoms with Crippen molar-refractivity contribution in [1.29, 1.82) is 0 Å². The first kappa shape index (κ1) is 17.3. The van der Waals surface area contributed by atoms with E-state index in [1.54, 1.807) is 0 Å². The van der Waals surface area contributed by atoms with Gasteiger partial charge in [-0.15, -0.1) is 10.2 Å². The number of hydrogen-bond donors (Lipinski definition) is 0. The molecule has 0 saturated carbocycles. The van der Waals surface area contributed by atoms with E-state index in [-0.39, 0.29) is 5.91 Å². The fourth-order valence-corrected chi connectivity index (χ4v) is 4.90. The molecule has 5 nitrogen and oxygen atoms in total. The first-order chi connectivity index (χ1) is 12.6. The third-order valence-electron chi connectivity index (χ3n) is 5.38. The molecule has 0 aliphatic carbocycles. The smallest absolute Gasteiger partial charge is 0.233 e.